The highest BCUT2D eigenvalue weighted by atomic mass is 79.9. The number of para-hydroxylation sites is 1. The van der Waals surface area contributed by atoms with Crippen LogP contribution in [0, 0.1) is 10.1 Å². The van der Waals surface area contributed by atoms with Crippen molar-refractivity contribution in [2.45, 2.75) is 17.9 Å². The number of halogens is 4. The number of carbonyl (C=O) groups excluding carboxylic acids is 1. The van der Waals surface area contributed by atoms with Crippen LogP contribution in [0.4, 0.5) is 18.9 Å². The van der Waals surface area contributed by atoms with Crippen LogP contribution in [0.1, 0.15) is 22.8 Å². The highest BCUT2D eigenvalue weighted by Gasteiger charge is 2.41. The molecule has 1 rings (SSSR count). The topological polar surface area (TPSA) is 60.2 Å². The van der Waals surface area contributed by atoms with Crippen LogP contribution in [-0.2, 0) is 6.18 Å². The van der Waals surface area contributed by atoms with Crippen molar-refractivity contribution >= 4 is 27.4 Å². The molecule has 0 radical (unpaired) electrons. The van der Waals surface area contributed by atoms with Crippen LogP contribution >= 0.6 is 15.9 Å². The van der Waals surface area contributed by atoms with Gasteiger partial charge in [-0.15, -0.1) is 0 Å². The molecule has 1 aromatic carbocycles. The van der Waals surface area contributed by atoms with E-state index in [1.54, 1.807) is 0 Å². The predicted molar refractivity (Wildman–Crippen MR) is 60.8 cm³/mol. The quantitative estimate of drug-likeness (QED) is 0.369. The Morgan fingerprint density at radius 2 is 2.00 bits per heavy atom. The monoisotopic (exact) mass is 325 g/mol. The number of rotatable bonds is 3. The number of alkyl halides is 4. The van der Waals surface area contributed by atoms with E-state index in [2.05, 4.69) is 15.9 Å². The molecule has 4 nitrogen and oxygen atoms in total. The van der Waals surface area contributed by atoms with Gasteiger partial charge in [0, 0.05) is 0 Å². The highest BCUT2D eigenvalue weighted by Crippen LogP contribution is 2.38. The SMILES string of the molecule is CC(Br)C(=O)c1cccc(C(F)(F)F)c1[N+](=O)[O-]. The number of ketones is 1. The van der Waals surface area contributed by atoms with Crippen LogP contribution in [-0.4, -0.2) is 15.5 Å². The van der Waals surface area contributed by atoms with Gasteiger partial charge in [-0.3, -0.25) is 14.9 Å². The fourth-order valence-electron chi connectivity index (χ4n) is 1.38. The first-order chi connectivity index (χ1) is 8.16. The lowest BCUT2D eigenvalue weighted by Crippen LogP contribution is -2.16. The van der Waals surface area contributed by atoms with E-state index >= 15 is 0 Å². The minimum absolute atomic E-state index is 0.556. The van der Waals surface area contributed by atoms with Crippen molar-refractivity contribution in [2.24, 2.45) is 0 Å². The van der Waals surface area contributed by atoms with Crippen molar-refractivity contribution in [1.29, 1.82) is 0 Å². The fourth-order valence-corrected chi connectivity index (χ4v) is 1.63. The summed E-state index contributed by atoms with van der Waals surface area (Å²) in [5.74, 6) is -0.771. The van der Waals surface area contributed by atoms with Gasteiger partial charge in [-0.05, 0) is 19.1 Å². The normalized spacial score (nSPS) is 13.2. The second-order valence-electron chi connectivity index (χ2n) is 3.44. The van der Waals surface area contributed by atoms with Gasteiger partial charge in [-0.2, -0.15) is 13.2 Å². The van der Waals surface area contributed by atoms with Crippen LogP contribution in [0.3, 0.4) is 0 Å². The molecule has 0 amide bonds. The van der Waals surface area contributed by atoms with Crippen LogP contribution in [0.2, 0.25) is 0 Å². The maximum Gasteiger partial charge on any atom is 0.423 e. The Bertz CT molecular complexity index is 500. The van der Waals surface area contributed by atoms with Crippen LogP contribution in [0.15, 0.2) is 18.2 Å². The van der Waals surface area contributed by atoms with Crippen molar-refractivity contribution in [3.8, 4) is 0 Å². The summed E-state index contributed by atoms with van der Waals surface area (Å²) >= 11 is 2.88. The van der Waals surface area contributed by atoms with Crippen LogP contribution < -0.4 is 0 Å². The molecule has 98 valence electrons. The van der Waals surface area contributed by atoms with Gasteiger partial charge in [0.1, 0.15) is 5.56 Å². The standard InChI is InChI=1S/C10H7BrF3NO3/c1-5(11)9(16)6-3-2-4-7(10(12,13)14)8(6)15(17)18/h2-5H,1H3. The molecule has 1 unspecified atom stereocenters. The summed E-state index contributed by atoms with van der Waals surface area (Å²) in [6, 6.07) is 2.56. The Kier molecular flexibility index (Phi) is 4.10. The molecule has 0 N–H and O–H groups in total. The molecule has 0 aliphatic carbocycles. The summed E-state index contributed by atoms with van der Waals surface area (Å²) in [5, 5.41) is 10.8. The number of Topliss-reactive ketones (excluding diaryl/α,β-unsaturated/α-hetero) is 1. The molecule has 0 aliphatic heterocycles. The number of carbonyl (C=O) groups is 1. The first kappa shape index (κ1) is 14.6. The molecule has 0 heterocycles. The molecule has 0 fully saturated rings. The molecule has 1 atom stereocenters. The lowest BCUT2D eigenvalue weighted by atomic mass is 10.0. The molecule has 0 saturated carbocycles. The third-order valence-corrected chi connectivity index (χ3v) is 2.57. The van der Waals surface area contributed by atoms with Crippen molar-refractivity contribution in [3.05, 3.63) is 39.4 Å². The summed E-state index contributed by atoms with van der Waals surface area (Å²) in [7, 11) is 0. The molecule has 0 aliphatic rings. The zero-order valence-electron chi connectivity index (χ0n) is 8.99. The second-order valence-corrected chi connectivity index (χ2v) is 4.81. The molecule has 0 bridgehead atoms. The zero-order valence-corrected chi connectivity index (χ0v) is 10.6. The van der Waals surface area contributed by atoms with E-state index in [0.29, 0.717) is 6.07 Å². The average Bonchev–Trinajstić information content (AvgIpc) is 2.25. The highest BCUT2D eigenvalue weighted by molar-refractivity contribution is 9.10. The first-order valence-corrected chi connectivity index (χ1v) is 5.60. The van der Waals surface area contributed by atoms with Crippen LogP contribution in [0.25, 0.3) is 0 Å². The summed E-state index contributed by atoms with van der Waals surface area (Å²) < 4.78 is 37.9. The lowest BCUT2D eigenvalue weighted by molar-refractivity contribution is -0.388. The number of nitrogens with zero attached hydrogens (tertiary/aromatic N) is 1. The van der Waals surface area contributed by atoms with E-state index in [1.807, 2.05) is 0 Å². The van der Waals surface area contributed by atoms with Crippen molar-refractivity contribution in [3.63, 3.8) is 0 Å². The Balaban J connectivity index is 3.55. The number of hydrogen-bond donors (Lipinski definition) is 0. The Hall–Kier alpha value is -1.44. The summed E-state index contributed by atoms with van der Waals surface area (Å²) in [6.45, 7) is 1.38. The maximum atomic E-state index is 12.6. The minimum atomic E-state index is -4.88. The van der Waals surface area contributed by atoms with E-state index in [0.717, 1.165) is 12.1 Å². The van der Waals surface area contributed by atoms with E-state index in [-0.39, 0.29) is 0 Å². The van der Waals surface area contributed by atoms with E-state index in [4.69, 9.17) is 0 Å². The predicted octanol–water partition coefficient (Wildman–Crippen LogP) is 3.58. The second kappa shape index (κ2) is 5.05. The van der Waals surface area contributed by atoms with Gasteiger partial charge in [-0.1, -0.05) is 22.0 Å². The number of nitro benzene ring substituents is 1. The number of hydrogen-bond acceptors (Lipinski definition) is 3. The van der Waals surface area contributed by atoms with Gasteiger partial charge >= 0.3 is 6.18 Å². The molecule has 1 aromatic rings. The lowest BCUT2D eigenvalue weighted by Gasteiger charge is -2.10. The average molecular weight is 326 g/mol. The third-order valence-electron chi connectivity index (χ3n) is 2.15. The summed E-state index contributed by atoms with van der Waals surface area (Å²) in [4.78, 5) is 20.4. The van der Waals surface area contributed by atoms with E-state index in [9.17, 15) is 28.1 Å². The van der Waals surface area contributed by atoms with Crippen molar-refractivity contribution in [1.82, 2.24) is 0 Å². The molecular weight excluding hydrogens is 319 g/mol. The van der Waals surface area contributed by atoms with Gasteiger partial charge in [0.15, 0.2) is 5.78 Å². The number of nitro groups is 1. The summed E-state index contributed by atoms with van der Waals surface area (Å²) in [6.07, 6.45) is -4.88. The molecule has 8 heteroatoms. The maximum absolute atomic E-state index is 12.6. The van der Waals surface area contributed by atoms with Gasteiger partial charge in [0.05, 0.1) is 15.3 Å². The summed E-state index contributed by atoms with van der Waals surface area (Å²) in [5.41, 5.74) is -3.19. The van der Waals surface area contributed by atoms with Crippen molar-refractivity contribution in [2.75, 3.05) is 0 Å². The molecule has 0 aromatic heterocycles. The van der Waals surface area contributed by atoms with Gasteiger partial charge in [0.2, 0.25) is 0 Å². The number of benzene rings is 1. The molecule has 0 spiro atoms. The zero-order chi connectivity index (χ0) is 14.1. The first-order valence-electron chi connectivity index (χ1n) is 4.69. The smallest absolute Gasteiger partial charge is 0.293 e. The minimum Gasteiger partial charge on any atom is -0.293 e. The third kappa shape index (κ3) is 2.87. The van der Waals surface area contributed by atoms with E-state index in [1.165, 1.54) is 6.92 Å². The molecule has 18 heavy (non-hydrogen) atoms. The Morgan fingerprint density at radius 1 is 1.44 bits per heavy atom. The largest absolute Gasteiger partial charge is 0.423 e. The van der Waals surface area contributed by atoms with Gasteiger partial charge in [-0.25, -0.2) is 0 Å². The van der Waals surface area contributed by atoms with Gasteiger partial charge in [0.25, 0.3) is 5.69 Å². The van der Waals surface area contributed by atoms with Crippen molar-refractivity contribution < 1.29 is 22.9 Å². The van der Waals surface area contributed by atoms with Gasteiger partial charge < -0.3 is 0 Å². The fraction of sp³-hybridized carbons (Fsp3) is 0.300. The Morgan fingerprint density at radius 3 is 2.39 bits per heavy atom. The molecular formula is C10H7BrF3NO3. The Labute approximate surface area is 108 Å². The molecule has 0 saturated heterocycles. The van der Waals surface area contributed by atoms with E-state index < -0.39 is 38.5 Å². The van der Waals surface area contributed by atoms with Crippen LogP contribution in [0.5, 0.6) is 0 Å².